The van der Waals surface area contributed by atoms with E-state index < -0.39 is 11.6 Å². The van der Waals surface area contributed by atoms with Crippen molar-refractivity contribution in [3.63, 3.8) is 0 Å². The van der Waals surface area contributed by atoms with Gasteiger partial charge in [-0.2, -0.15) is 11.8 Å². The van der Waals surface area contributed by atoms with Gasteiger partial charge in [0.25, 0.3) is 0 Å². The first kappa shape index (κ1) is 13.5. The van der Waals surface area contributed by atoms with E-state index in [2.05, 4.69) is 5.32 Å². The topological polar surface area (TPSA) is 24.9 Å². The van der Waals surface area contributed by atoms with E-state index in [1.807, 2.05) is 36.0 Å². The van der Waals surface area contributed by atoms with Crippen molar-refractivity contribution in [2.24, 2.45) is 0 Å². The number of thioether (sulfide) groups is 1. The summed E-state index contributed by atoms with van der Waals surface area (Å²) in [5, 5.41) is 4.25. The number of benzene rings is 2. The second-order valence-corrected chi connectivity index (χ2v) is 6.16. The molecule has 0 aliphatic carbocycles. The van der Waals surface area contributed by atoms with Crippen LogP contribution in [0.15, 0.2) is 42.5 Å². The molecule has 0 saturated carbocycles. The van der Waals surface area contributed by atoms with Crippen molar-refractivity contribution in [1.82, 2.24) is 4.98 Å². The lowest BCUT2D eigenvalue weighted by Gasteiger charge is -2.14. The zero-order chi connectivity index (χ0) is 15.1. The smallest absolute Gasteiger partial charge is 0.160 e. The van der Waals surface area contributed by atoms with E-state index in [1.165, 1.54) is 6.07 Å². The van der Waals surface area contributed by atoms with Crippen molar-refractivity contribution in [3.8, 4) is 0 Å². The first-order valence-corrected chi connectivity index (χ1v) is 8.08. The summed E-state index contributed by atoms with van der Waals surface area (Å²) in [6.45, 7) is 0. The Balaban J connectivity index is 1.88. The lowest BCUT2D eigenvalue weighted by Crippen LogP contribution is -2.00. The van der Waals surface area contributed by atoms with E-state index >= 15 is 0 Å². The van der Waals surface area contributed by atoms with Crippen molar-refractivity contribution in [1.29, 1.82) is 0 Å². The van der Waals surface area contributed by atoms with Crippen molar-refractivity contribution in [2.75, 3.05) is 5.32 Å². The number of hydrogen-bond acceptors (Lipinski definition) is 3. The predicted molar refractivity (Wildman–Crippen MR) is 86.4 cm³/mol. The van der Waals surface area contributed by atoms with Crippen molar-refractivity contribution in [2.45, 2.75) is 11.5 Å². The summed E-state index contributed by atoms with van der Waals surface area (Å²) in [5.74, 6) is 0.0616. The van der Waals surface area contributed by atoms with Crippen LogP contribution in [-0.4, -0.2) is 4.98 Å². The van der Waals surface area contributed by atoms with Gasteiger partial charge in [0.15, 0.2) is 11.6 Å². The summed E-state index contributed by atoms with van der Waals surface area (Å²) >= 11 is 1.81. The third kappa shape index (κ3) is 2.22. The molecule has 2 nitrogen and oxygen atoms in total. The molecule has 0 unspecified atom stereocenters. The minimum atomic E-state index is -0.852. The van der Waals surface area contributed by atoms with E-state index in [4.69, 9.17) is 4.98 Å². The predicted octanol–water partition coefficient (Wildman–Crippen LogP) is 5.00. The molecule has 0 fully saturated rings. The Morgan fingerprint density at radius 2 is 1.86 bits per heavy atom. The van der Waals surface area contributed by atoms with Crippen LogP contribution >= 0.6 is 11.8 Å². The molecule has 1 aliphatic heterocycles. The quantitative estimate of drug-likeness (QED) is 0.720. The first-order valence-electron chi connectivity index (χ1n) is 6.93. The Bertz CT molecular complexity index is 880. The Kier molecular flexibility index (Phi) is 3.22. The van der Waals surface area contributed by atoms with Gasteiger partial charge in [-0.25, -0.2) is 8.78 Å². The highest BCUT2D eigenvalue weighted by atomic mass is 32.2. The number of anilines is 2. The van der Waals surface area contributed by atoms with Gasteiger partial charge < -0.3 is 5.32 Å². The maximum atomic E-state index is 13.4. The van der Waals surface area contributed by atoms with Crippen LogP contribution in [0.4, 0.5) is 20.2 Å². The fraction of sp³-hybridized carbons (Fsp3) is 0.118. The number of nitrogens with zero attached hydrogens (tertiary/aromatic N) is 1. The molecular formula is C17H12F2N2S. The summed E-state index contributed by atoms with van der Waals surface area (Å²) < 4.78 is 26.5. The number of nitrogens with one attached hydrogen (secondary N) is 1. The zero-order valence-corrected chi connectivity index (χ0v) is 12.4. The van der Waals surface area contributed by atoms with Gasteiger partial charge in [0.2, 0.25) is 0 Å². The zero-order valence-electron chi connectivity index (χ0n) is 11.6. The number of pyridine rings is 1. The van der Waals surface area contributed by atoms with Gasteiger partial charge in [-0.05, 0) is 18.2 Å². The average Bonchev–Trinajstić information content (AvgIpc) is 2.99. The van der Waals surface area contributed by atoms with Crippen LogP contribution in [-0.2, 0) is 11.5 Å². The van der Waals surface area contributed by atoms with E-state index in [9.17, 15) is 8.78 Å². The van der Waals surface area contributed by atoms with Crippen LogP contribution in [0.5, 0.6) is 0 Å². The number of hydrogen-bond donors (Lipinski definition) is 1. The van der Waals surface area contributed by atoms with Crippen LogP contribution in [0.25, 0.3) is 10.9 Å². The number of para-hydroxylation sites is 1. The highest BCUT2D eigenvalue weighted by molar-refractivity contribution is 7.98. The third-order valence-electron chi connectivity index (χ3n) is 3.75. The Morgan fingerprint density at radius 3 is 2.73 bits per heavy atom. The van der Waals surface area contributed by atoms with Crippen LogP contribution in [0.2, 0.25) is 0 Å². The summed E-state index contributed by atoms with van der Waals surface area (Å²) in [6, 6.07) is 11.7. The van der Waals surface area contributed by atoms with Gasteiger partial charge in [-0.3, -0.25) is 4.98 Å². The first-order chi connectivity index (χ1) is 10.7. The monoisotopic (exact) mass is 314 g/mol. The molecule has 1 N–H and O–H groups in total. The van der Waals surface area contributed by atoms with E-state index in [1.54, 1.807) is 6.07 Å². The van der Waals surface area contributed by atoms with Gasteiger partial charge in [-0.1, -0.05) is 18.2 Å². The maximum Gasteiger partial charge on any atom is 0.160 e. The molecule has 4 rings (SSSR count). The van der Waals surface area contributed by atoms with Crippen LogP contribution in [0, 0.1) is 11.6 Å². The number of fused-ring (bicyclic) bond motifs is 2. The van der Waals surface area contributed by atoms with Crippen LogP contribution in [0.1, 0.15) is 11.3 Å². The molecule has 22 heavy (non-hydrogen) atoms. The van der Waals surface area contributed by atoms with E-state index in [0.717, 1.165) is 45.4 Å². The Hall–Kier alpha value is -2.14. The van der Waals surface area contributed by atoms with Crippen LogP contribution in [0.3, 0.4) is 0 Å². The molecule has 0 radical (unpaired) electrons. The largest absolute Gasteiger partial charge is 0.355 e. The maximum absolute atomic E-state index is 13.4. The molecule has 0 bridgehead atoms. The molecule has 0 atom stereocenters. The molecular weight excluding hydrogens is 302 g/mol. The molecule has 1 aromatic heterocycles. The minimum absolute atomic E-state index is 0.536. The molecule has 3 aromatic rings. The fourth-order valence-corrected chi connectivity index (χ4v) is 3.74. The lowest BCUT2D eigenvalue weighted by molar-refractivity contribution is 0.509. The molecule has 0 saturated heterocycles. The second-order valence-electron chi connectivity index (χ2n) is 5.18. The highest BCUT2D eigenvalue weighted by Crippen LogP contribution is 2.39. The van der Waals surface area contributed by atoms with Gasteiger partial charge in [-0.15, -0.1) is 0 Å². The van der Waals surface area contributed by atoms with E-state index in [0.29, 0.717) is 5.69 Å². The fourth-order valence-electron chi connectivity index (χ4n) is 2.69. The summed E-state index contributed by atoms with van der Waals surface area (Å²) in [6.07, 6.45) is 0. The standard InChI is InChI=1S/C17H12F2N2S/c18-13-6-5-10(7-14(13)19)20-17-11-3-1-2-4-15(11)21-16-9-22-8-12(16)17/h1-7H,8-9H2,(H,20,21). The third-order valence-corrected chi connectivity index (χ3v) is 4.72. The normalized spacial score (nSPS) is 13.4. The molecule has 2 heterocycles. The highest BCUT2D eigenvalue weighted by Gasteiger charge is 2.20. The molecule has 110 valence electrons. The van der Waals surface area contributed by atoms with Gasteiger partial charge in [0, 0.05) is 34.2 Å². The van der Waals surface area contributed by atoms with Crippen molar-refractivity contribution in [3.05, 3.63) is 65.4 Å². The second kappa shape index (κ2) is 5.25. The summed E-state index contributed by atoms with van der Waals surface area (Å²) in [7, 11) is 0. The minimum Gasteiger partial charge on any atom is -0.355 e. The molecule has 5 heteroatoms. The van der Waals surface area contributed by atoms with E-state index in [-0.39, 0.29) is 0 Å². The van der Waals surface area contributed by atoms with Gasteiger partial charge >= 0.3 is 0 Å². The molecule has 1 aliphatic rings. The summed E-state index contributed by atoms with van der Waals surface area (Å²) in [5.41, 5.74) is 4.60. The molecule has 0 amide bonds. The summed E-state index contributed by atoms with van der Waals surface area (Å²) in [4.78, 5) is 4.69. The number of aromatic nitrogens is 1. The Morgan fingerprint density at radius 1 is 1.00 bits per heavy atom. The SMILES string of the molecule is Fc1ccc(Nc2c3c(nc4ccccc24)CSC3)cc1F. The number of halogens is 2. The average molecular weight is 314 g/mol. The molecule has 2 aromatic carbocycles. The van der Waals surface area contributed by atoms with Crippen LogP contribution < -0.4 is 5.32 Å². The van der Waals surface area contributed by atoms with Gasteiger partial charge in [0.1, 0.15) is 0 Å². The van der Waals surface area contributed by atoms with Crippen molar-refractivity contribution < 1.29 is 8.78 Å². The Labute approximate surface area is 130 Å². The van der Waals surface area contributed by atoms with Crippen molar-refractivity contribution >= 4 is 34.0 Å². The lowest BCUT2D eigenvalue weighted by atomic mass is 10.1. The number of rotatable bonds is 2. The molecule has 0 spiro atoms. The van der Waals surface area contributed by atoms with Gasteiger partial charge in [0.05, 0.1) is 16.9 Å².